The summed E-state index contributed by atoms with van der Waals surface area (Å²) < 4.78 is 0. The number of carbonyl (C=O) groups excluding carboxylic acids is 4. The van der Waals surface area contributed by atoms with Gasteiger partial charge in [0, 0.05) is 13.0 Å². The van der Waals surface area contributed by atoms with Crippen molar-refractivity contribution >= 4 is 35.6 Å². The van der Waals surface area contributed by atoms with E-state index in [2.05, 4.69) is 20.9 Å². The van der Waals surface area contributed by atoms with Gasteiger partial charge in [-0.05, 0) is 49.9 Å². The maximum Gasteiger partial charge on any atom is 0.326 e. The Morgan fingerprint density at radius 1 is 0.805 bits per heavy atom. The number of aromatic hydroxyl groups is 1. The van der Waals surface area contributed by atoms with Gasteiger partial charge in [0.1, 0.15) is 23.9 Å². The van der Waals surface area contributed by atoms with Gasteiger partial charge in [0.2, 0.25) is 23.6 Å². The third-order valence-corrected chi connectivity index (χ3v) is 5.91. The second-order valence-electron chi connectivity index (χ2n) is 9.40. The molecule has 4 atom stereocenters. The number of aliphatic carboxylic acids is 1. The first-order valence-corrected chi connectivity index (χ1v) is 13.0. The van der Waals surface area contributed by atoms with Crippen LogP contribution in [-0.4, -0.2) is 83.0 Å². The number of guanidine groups is 1. The van der Waals surface area contributed by atoms with Crippen molar-refractivity contribution in [3.63, 3.8) is 0 Å². The highest BCUT2D eigenvalue weighted by Gasteiger charge is 2.31. The van der Waals surface area contributed by atoms with E-state index >= 15 is 0 Å². The summed E-state index contributed by atoms with van der Waals surface area (Å²) in [6.07, 6.45) is 1.19. The average Bonchev–Trinajstić information content (AvgIpc) is 2.90. The normalized spacial score (nSPS) is 13.6. The van der Waals surface area contributed by atoms with Crippen LogP contribution in [0.15, 0.2) is 29.3 Å². The Morgan fingerprint density at radius 2 is 1.39 bits per heavy atom. The van der Waals surface area contributed by atoms with Crippen molar-refractivity contribution in [2.75, 3.05) is 13.1 Å². The molecule has 0 saturated heterocycles. The van der Waals surface area contributed by atoms with E-state index < -0.39 is 60.2 Å². The zero-order chi connectivity index (χ0) is 30.9. The van der Waals surface area contributed by atoms with Crippen LogP contribution in [0.2, 0.25) is 0 Å². The molecule has 4 unspecified atom stereocenters. The molecule has 0 saturated carbocycles. The SMILES string of the molecule is NCCCCC(N)C(=O)NC(CCCN=C(N)N)C(=O)NC(Cc1ccc(O)cc1)C(=O)NC(CC(N)=O)C(=O)O. The monoisotopic (exact) mass is 579 g/mol. The highest BCUT2D eigenvalue weighted by Crippen LogP contribution is 2.12. The maximum absolute atomic E-state index is 13.4. The Hall–Kier alpha value is -4.44. The molecule has 1 rings (SSSR count). The fraction of sp³-hybridized carbons (Fsp3) is 0.520. The van der Waals surface area contributed by atoms with Gasteiger partial charge in [-0.1, -0.05) is 18.6 Å². The molecule has 0 bridgehead atoms. The molecule has 0 aliphatic rings. The van der Waals surface area contributed by atoms with Crippen molar-refractivity contribution < 1.29 is 34.2 Å². The van der Waals surface area contributed by atoms with Crippen LogP contribution in [0.3, 0.4) is 0 Å². The van der Waals surface area contributed by atoms with E-state index in [0.29, 0.717) is 31.4 Å². The number of carboxylic acids is 1. The van der Waals surface area contributed by atoms with Gasteiger partial charge < -0.3 is 54.8 Å². The molecule has 16 heteroatoms. The van der Waals surface area contributed by atoms with Crippen molar-refractivity contribution in [3.8, 4) is 5.75 Å². The second kappa shape index (κ2) is 18.0. The first-order valence-electron chi connectivity index (χ1n) is 13.0. The lowest BCUT2D eigenvalue weighted by Gasteiger charge is -2.25. The topological polar surface area (TPSA) is 304 Å². The molecule has 0 aliphatic carbocycles. The number of phenolic OH excluding ortho intramolecular Hbond substituents is 1. The van der Waals surface area contributed by atoms with Crippen molar-refractivity contribution in [1.29, 1.82) is 0 Å². The first-order chi connectivity index (χ1) is 19.3. The van der Waals surface area contributed by atoms with Gasteiger partial charge in [-0.3, -0.25) is 24.2 Å². The fourth-order valence-electron chi connectivity index (χ4n) is 3.71. The van der Waals surface area contributed by atoms with Crippen molar-refractivity contribution in [3.05, 3.63) is 29.8 Å². The predicted molar refractivity (Wildman–Crippen MR) is 150 cm³/mol. The van der Waals surface area contributed by atoms with Gasteiger partial charge in [0.15, 0.2) is 5.96 Å². The van der Waals surface area contributed by atoms with Crippen LogP contribution >= 0.6 is 0 Å². The smallest absolute Gasteiger partial charge is 0.326 e. The summed E-state index contributed by atoms with van der Waals surface area (Å²) in [5.74, 6) is -4.88. The summed E-state index contributed by atoms with van der Waals surface area (Å²) in [6, 6.07) is 0.737. The van der Waals surface area contributed by atoms with Crippen molar-refractivity contribution in [1.82, 2.24) is 16.0 Å². The molecule has 228 valence electrons. The Labute approximate surface area is 237 Å². The van der Waals surface area contributed by atoms with Crippen LogP contribution in [0.4, 0.5) is 0 Å². The third kappa shape index (κ3) is 14.0. The van der Waals surface area contributed by atoms with Crippen molar-refractivity contribution in [2.24, 2.45) is 33.7 Å². The Kier molecular flexibility index (Phi) is 15.2. The van der Waals surface area contributed by atoms with Crippen LogP contribution in [0.25, 0.3) is 0 Å². The number of nitrogens with zero attached hydrogens (tertiary/aromatic N) is 1. The van der Waals surface area contributed by atoms with E-state index in [1.807, 2.05) is 0 Å². The van der Waals surface area contributed by atoms with Crippen molar-refractivity contribution in [2.45, 2.75) is 69.1 Å². The van der Waals surface area contributed by atoms with E-state index in [1.54, 1.807) is 0 Å². The number of phenols is 1. The summed E-state index contributed by atoms with van der Waals surface area (Å²) in [4.78, 5) is 65.9. The van der Waals surface area contributed by atoms with E-state index in [0.717, 1.165) is 0 Å². The number of benzene rings is 1. The quantitative estimate of drug-likeness (QED) is 0.0443. The Balaban J connectivity index is 3.17. The number of primary amides is 1. The molecular formula is C25H41N9O7. The lowest BCUT2D eigenvalue weighted by Crippen LogP contribution is -2.57. The van der Waals surface area contributed by atoms with E-state index in [-0.39, 0.29) is 37.5 Å². The van der Waals surface area contributed by atoms with E-state index in [1.165, 1.54) is 24.3 Å². The van der Waals surface area contributed by atoms with Crippen LogP contribution in [0.1, 0.15) is 44.1 Å². The molecule has 0 spiro atoms. The molecule has 41 heavy (non-hydrogen) atoms. The number of unbranched alkanes of at least 4 members (excludes halogenated alkanes) is 1. The number of carboxylic acid groups (broad SMARTS) is 1. The molecule has 0 aliphatic heterocycles. The third-order valence-electron chi connectivity index (χ3n) is 5.91. The lowest BCUT2D eigenvalue weighted by molar-refractivity contribution is -0.143. The minimum Gasteiger partial charge on any atom is -0.508 e. The number of carbonyl (C=O) groups is 5. The van der Waals surface area contributed by atoms with E-state index in [4.69, 9.17) is 28.7 Å². The van der Waals surface area contributed by atoms with E-state index in [9.17, 15) is 34.2 Å². The van der Waals surface area contributed by atoms with Gasteiger partial charge in [-0.2, -0.15) is 0 Å². The average molecular weight is 580 g/mol. The molecule has 1 aromatic carbocycles. The fourth-order valence-corrected chi connectivity index (χ4v) is 3.71. The van der Waals surface area contributed by atoms with Gasteiger partial charge in [-0.25, -0.2) is 4.79 Å². The molecule has 15 N–H and O–H groups in total. The summed E-state index contributed by atoms with van der Waals surface area (Å²) in [5.41, 5.74) is 27.7. The molecular weight excluding hydrogens is 538 g/mol. The minimum atomic E-state index is -1.64. The number of aliphatic imine (C=N–C) groups is 1. The Morgan fingerprint density at radius 3 is 1.95 bits per heavy atom. The summed E-state index contributed by atoms with van der Waals surface area (Å²) in [5, 5.41) is 26.3. The van der Waals surface area contributed by atoms with Gasteiger partial charge in [-0.15, -0.1) is 0 Å². The second-order valence-corrected chi connectivity index (χ2v) is 9.40. The number of nitrogens with two attached hydrogens (primary N) is 5. The molecule has 0 fully saturated rings. The highest BCUT2D eigenvalue weighted by molar-refractivity contribution is 5.95. The molecule has 4 amide bonds. The van der Waals surface area contributed by atoms with Crippen LogP contribution in [-0.2, 0) is 30.4 Å². The minimum absolute atomic E-state index is 0.0301. The number of hydrogen-bond donors (Lipinski definition) is 10. The lowest BCUT2D eigenvalue weighted by atomic mass is 10.0. The molecule has 0 aromatic heterocycles. The zero-order valence-corrected chi connectivity index (χ0v) is 22.8. The number of rotatable bonds is 19. The molecule has 0 radical (unpaired) electrons. The highest BCUT2D eigenvalue weighted by atomic mass is 16.4. The Bertz CT molecular complexity index is 1060. The molecule has 0 heterocycles. The summed E-state index contributed by atoms with van der Waals surface area (Å²) in [6.45, 7) is 0.603. The number of amides is 4. The predicted octanol–water partition coefficient (Wildman–Crippen LogP) is -3.14. The van der Waals surface area contributed by atoms with Crippen LogP contribution < -0.4 is 44.6 Å². The van der Waals surface area contributed by atoms with Crippen LogP contribution in [0, 0.1) is 0 Å². The zero-order valence-electron chi connectivity index (χ0n) is 22.8. The maximum atomic E-state index is 13.4. The number of nitrogens with one attached hydrogen (secondary N) is 3. The number of hydrogen-bond acceptors (Lipinski definition) is 9. The largest absolute Gasteiger partial charge is 0.508 e. The molecule has 16 nitrogen and oxygen atoms in total. The van der Waals surface area contributed by atoms with Gasteiger partial charge >= 0.3 is 5.97 Å². The van der Waals surface area contributed by atoms with Crippen LogP contribution in [0.5, 0.6) is 5.75 Å². The first kappa shape index (κ1) is 34.6. The standard InChI is InChI=1S/C25H41N9O7/c26-10-2-1-4-16(27)21(37)32-17(5-3-11-31-25(29)30)22(38)33-18(12-14-6-8-15(35)9-7-14)23(39)34-19(24(40)41)13-20(28)36/h6-9,16-19,35H,1-5,10-13,26-27H2,(H2,28,36)(H,32,37)(H,33,38)(H,34,39)(H,40,41)(H4,29,30,31). The van der Waals surface area contributed by atoms with Gasteiger partial charge in [0.25, 0.3) is 0 Å². The molecule has 1 aromatic rings. The summed E-state index contributed by atoms with van der Waals surface area (Å²) >= 11 is 0. The van der Waals surface area contributed by atoms with Gasteiger partial charge in [0.05, 0.1) is 12.5 Å². The summed E-state index contributed by atoms with van der Waals surface area (Å²) in [7, 11) is 0.